The van der Waals surface area contributed by atoms with Crippen LogP contribution in [0.3, 0.4) is 0 Å². The van der Waals surface area contributed by atoms with Gasteiger partial charge >= 0.3 is 5.97 Å². The van der Waals surface area contributed by atoms with Crippen LogP contribution >= 0.6 is 11.6 Å². The van der Waals surface area contributed by atoms with Gasteiger partial charge in [0.25, 0.3) is 0 Å². The van der Waals surface area contributed by atoms with Crippen molar-refractivity contribution < 1.29 is 14.6 Å². The monoisotopic (exact) mass is 351 g/mol. The van der Waals surface area contributed by atoms with Crippen LogP contribution in [-0.2, 0) is 22.5 Å². The first-order chi connectivity index (χ1) is 11.3. The molecule has 7 heteroatoms. The number of aromatic nitrogens is 3. The molecule has 2 aromatic rings. The molecule has 6 nitrogen and oxygen atoms in total. The van der Waals surface area contributed by atoms with Crippen LogP contribution in [0.15, 0.2) is 36.9 Å². The van der Waals surface area contributed by atoms with E-state index in [1.807, 2.05) is 12.1 Å². The summed E-state index contributed by atoms with van der Waals surface area (Å²) in [6, 6.07) is 7.42. The Hall–Kier alpha value is -1.92. The molecule has 0 aliphatic carbocycles. The van der Waals surface area contributed by atoms with E-state index in [9.17, 15) is 9.90 Å². The topological polar surface area (TPSA) is 77.2 Å². The van der Waals surface area contributed by atoms with Crippen molar-refractivity contribution in [3.63, 3.8) is 0 Å². The van der Waals surface area contributed by atoms with Gasteiger partial charge in [-0.05, 0) is 44.4 Å². The molecule has 0 spiro atoms. The third-order valence-corrected chi connectivity index (χ3v) is 4.74. The first-order valence-corrected chi connectivity index (χ1v) is 8.04. The van der Waals surface area contributed by atoms with Crippen molar-refractivity contribution in [2.24, 2.45) is 5.41 Å². The first-order valence-electron chi connectivity index (χ1n) is 7.66. The minimum absolute atomic E-state index is 0.142. The Balaban J connectivity index is 2.24. The standard InChI is InChI=1S/C17H22ClN3O3/c1-16(2,15(22)24-3)17(23,10-21-12-19-11-20-21)9-8-13-4-6-14(18)7-5-13/h4-7,11-12,23H,8-10H2,1-3H3. The number of aliphatic hydroxyl groups is 1. The molecule has 0 fully saturated rings. The Morgan fingerprint density at radius 1 is 1.33 bits per heavy atom. The molecule has 130 valence electrons. The summed E-state index contributed by atoms with van der Waals surface area (Å²) < 4.78 is 6.41. The SMILES string of the molecule is COC(=O)C(C)(C)C(O)(CCc1ccc(Cl)cc1)Cn1cncn1. The summed E-state index contributed by atoms with van der Waals surface area (Å²) in [6.45, 7) is 3.50. The average molecular weight is 352 g/mol. The van der Waals surface area contributed by atoms with Crippen molar-refractivity contribution in [1.29, 1.82) is 0 Å². The zero-order valence-corrected chi connectivity index (χ0v) is 14.8. The van der Waals surface area contributed by atoms with E-state index in [0.29, 0.717) is 17.9 Å². The maximum Gasteiger partial charge on any atom is 0.314 e. The van der Waals surface area contributed by atoms with E-state index in [-0.39, 0.29) is 6.54 Å². The lowest BCUT2D eigenvalue weighted by Crippen LogP contribution is -2.53. The summed E-state index contributed by atoms with van der Waals surface area (Å²) in [7, 11) is 1.32. The summed E-state index contributed by atoms with van der Waals surface area (Å²) >= 11 is 5.90. The normalized spacial score (nSPS) is 14.2. The van der Waals surface area contributed by atoms with Gasteiger partial charge in [-0.25, -0.2) is 4.98 Å². The predicted octanol–water partition coefficient (Wildman–Crippen LogP) is 2.49. The van der Waals surface area contributed by atoms with E-state index in [0.717, 1.165) is 5.56 Å². The Bertz CT molecular complexity index is 671. The quantitative estimate of drug-likeness (QED) is 0.775. The van der Waals surface area contributed by atoms with Crippen molar-refractivity contribution in [3.8, 4) is 0 Å². The van der Waals surface area contributed by atoms with Crippen LogP contribution in [0.5, 0.6) is 0 Å². The molecular formula is C17H22ClN3O3. The van der Waals surface area contributed by atoms with Gasteiger partial charge in [0.05, 0.1) is 19.1 Å². The second kappa shape index (κ2) is 7.32. The molecule has 0 bridgehead atoms. The minimum Gasteiger partial charge on any atom is -0.469 e. The van der Waals surface area contributed by atoms with Crippen molar-refractivity contribution in [1.82, 2.24) is 14.8 Å². The predicted molar refractivity (Wildman–Crippen MR) is 90.5 cm³/mol. The van der Waals surface area contributed by atoms with Gasteiger partial charge in [0, 0.05) is 5.02 Å². The van der Waals surface area contributed by atoms with Crippen LogP contribution in [0.2, 0.25) is 5.02 Å². The number of nitrogens with zero attached hydrogens (tertiary/aromatic N) is 3. The highest BCUT2D eigenvalue weighted by atomic mass is 35.5. The summed E-state index contributed by atoms with van der Waals surface area (Å²) in [5.41, 5.74) is -1.44. The number of ether oxygens (including phenoxy) is 1. The molecule has 1 unspecified atom stereocenters. The highest BCUT2D eigenvalue weighted by Gasteiger charge is 2.49. The number of carbonyl (C=O) groups excluding carboxylic acids is 1. The van der Waals surface area contributed by atoms with Gasteiger partial charge in [-0.15, -0.1) is 0 Å². The zero-order valence-electron chi connectivity index (χ0n) is 14.1. The van der Waals surface area contributed by atoms with Crippen molar-refractivity contribution >= 4 is 17.6 Å². The average Bonchev–Trinajstić information content (AvgIpc) is 3.06. The fourth-order valence-corrected chi connectivity index (χ4v) is 2.74. The lowest BCUT2D eigenvalue weighted by atomic mass is 9.71. The van der Waals surface area contributed by atoms with Crippen LogP contribution in [0.25, 0.3) is 0 Å². The van der Waals surface area contributed by atoms with Gasteiger partial charge < -0.3 is 9.84 Å². The molecule has 1 heterocycles. The molecule has 0 saturated carbocycles. The van der Waals surface area contributed by atoms with E-state index in [4.69, 9.17) is 16.3 Å². The first kappa shape index (κ1) is 18.4. The fraction of sp³-hybridized carbons (Fsp3) is 0.471. The maximum atomic E-state index is 12.2. The highest BCUT2D eigenvalue weighted by Crippen LogP contribution is 2.37. The second-order valence-corrected chi connectivity index (χ2v) is 6.80. The summed E-state index contributed by atoms with van der Waals surface area (Å²) in [6.07, 6.45) is 3.85. The van der Waals surface area contributed by atoms with E-state index >= 15 is 0 Å². The van der Waals surface area contributed by atoms with Crippen LogP contribution in [-0.4, -0.2) is 38.6 Å². The third kappa shape index (κ3) is 3.94. The minimum atomic E-state index is -1.35. The van der Waals surface area contributed by atoms with E-state index in [1.165, 1.54) is 24.4 Å². The van der Waals surface area contributed by atoms with Gasteiger partial charge in [0.2, 0.25) is 0 Å². The number of rotatable bonds is 7. The van der Waals surface area contributed by atoms with Gasteiger partial charge in [-0.3, -0.25) is 9.48 Å². The molecule has 1 aromatic heterocycles. The lowest BCUT2D eigenvalue weighted by molar-refractivity contribution is -0.171. The fourth-order valence-electron chi connectivity index (χ4n) is 2.62. The Kier molecular flexibility index (Phi) is 5.62. The maximum absolute atomic E-state index is 12.2. The number of benzene rings is 1. The van der Waals surface area contributed by atoms with Gasteiger partial charge in [0.15, 0.2) is 0 Å². The summed E-state index contributed by atoms with van der Waals surface area (Å²) in [5, 5.41) is 16.0. The molecule has 1 aromatic carbocycles. The second-order valence-electron chi connectivity index (χ2n) is 6.37. The van der Waals surface area contributed by atoms with Crippen molar-refractivity contribution in [2.75, 3.05) is 7.11 Å². The molecule has 0 radical (unpaired) electrons. The molecule has 0 saturated heterocycles. The van der Waals surface area contributed by atoms with E-state index in [1.54, 1.807) is 26.0 Å². The number of esters is 1. The van der Waals surface area contributed by atoms with Crippen LogP contribution < -0.4 is 0 Å². The smallest absolute Gasteiger partial charge is 0.314 e. The van der Waals surface area contributed by atoms with Crippen molar-refractivity contribution in [3.05, 3.63) is 47.5 Å². The number of hydrogen-bond acceptors (Lipinski definition) is 5. The van der Waals surface area contributed by atoms with Crippen LogP contribution in [0, 0.1) is 5.41 Å². The van der Waals surface area contributed by atoms with E-state index in [2.05, 4.69) is 10.1 Å². The number of carbonyl (C=O) groups is 1. The summed E-state index contributed by atoms with van der Waals surface area (Å²) in [5.74, 6) is -0.471. The van der Waals surface area contributed by atoms with Gasteiger partial charge in [0.1, 0.15) is 18.3 Å². The highest BCUT2D eigenvalue weighted by molar-refractivity contribution is 6.30. The Morgan fingerprint density at radius 3 is 2.54 bits per heavy atom. The Labute approximate surface area is 146 Å². The third-order valence-electron chi connectivity index (χ3n) is 4.49. The Morgan fingerprint density at radius 2 is 2.00 bits per heavy atom. The van der Waals surface area contributed by atoms with Gasteiger partial charge in [-0.2, -0.15) is 5.10 Å². The van der Waals surface area contributed by atoms with E-state index < -0.39 is 17.0 Å². The molecule has 0 aliphatic heterocycles. The summed E-state index contributed by atoms with van der Waals surface area (Å²) in [4.78, 5) is 16.1. The van der Waals surface area contributed by atoms with Gasteiger partial charge in [-0.1, -0.05) is 23.7 Å². The van der Waals surface area contributed by atoms with Crippen LogP contribution in [0.1, 0.15) is 25.8 Å². The molecule has 1 N–H and O–H groups in total. The number of methoxy groups -OCH3 is 1. The molecule has 24 heavy (non-hydrogen) atoms. The number of hydrogen-bond donors (Lipinski definition) is 1. The van der Waals surface area contributed by atoms with Crippen LogP contribution in [0.4, 0.5) is 0 Å². The number of aryl methyl sites for hydroxylation is 1. The molecule has 0 aliphatic rings. The molecule has 1 atom stereocenters. The van der Waals surface area contributed by atoms with Crippen molar-refractivity contribution in [2.45, 2.75) is 38.8 Å². The molecule has 0 amide bonds. The molecule has 2 rings (SSSR count). The number of halogens is 1. The largest absolute Gasteiger partial charge is 0.469 e. The molecular weight excluding hydrogens is 330 g/mol. The zero-order chi connectivity index (χ0) is 17.8. The lowest BCUT2D eigenvalue weighted by Gasteiger charge is -2.40.